The van der Waals surface area contributed by atoms with E-state index in [2.05, 4.69) is 72.1 Å². The van der Waals surface area contributed by atoms with Crippen molar-refractivity contribution in [1.29, 1.82) is 0 Å². The van der Waals surface area contributed by atoms with Gasteiger partial charge < -0.3 is 8.85 Å². The lowest BCUT2D eigenvalue weighted by Crippen LogP contribution is -2.50. The first-order chi connectivity index (χ1) is 19.6. The van der Waals surface area contributed by atoms with Crippen LogP contribution in [0.25, 0.3) is 0 Å². The summed E-state index contributed by atoms with van der Waals surface area (Å²) in [6.45, 7) is 34.0. The fourth-order valence-electron chi connectivity index (χ4n) is 4.14. The van der Waals surface area contributed by atoms with E-state index in [1.54, 1.807) is 22.7 Å². The van der Waals surface area contributed by atoms with Gasteiger partial charge in [0, 0.05) is 18.3 Å². The van der Waals surface area contributed by atoms with E-state index in [0.717, 1.165) is 5.56 Å². The van der Waals surface area contributed by atoms with Crippen LogP contribution < -0.4 is 0 Å². The van der Waals surface area contributed by atoms with Crippen molar-refractivity contribution in [3.05, 3.63) is 29.8 Å². The Morgan fingerprint density at radius 3 is 1.82 bits per heavy atom. The van der Waals surface area contributed by atoms with Gasteiger partial charge in [-0.15, -0.1) is 0 Å². The number of hydrogen-bond donors (Lipinski definition) is 0. The van der Waals surface area contributed by atoms with E-state index in [1.165, 1.54) is 0 Å². The first kappa shape index (κ1) is 41.3. The van der Waals surface area contributed by atoms with Gasteiger partial charge in [-0.3, -0.25) is 0 Å². The molecular formula is C33H64N2O5S2Si2. The van der Waals surface area contributed by atoms with Gasteiger partial charge >= 0.3 is 0 Å². The van der Waals surface area contributed by atoms with Gasteiger partial charge in [-0.05, 0) is 115 Å². The lowest BCUT2D eigenvalue weighted by atomic mass is 10.1. The number of rotatable bonds is 15. The summed E-state index contributed by atoms with van der Waals surface area (Å²) < 4.78 is 59.5. The van der Waals surface area contributed by atoms with Crippen LogP contribution in [0.5, 0.6) is 0 Å². The van der Waals surface area contributed by atoms with Gasteiger partial charge in [0.2, 0.25) is 10.0 Å². The highest BCUT2D eigenvalue weighted by atomic mass is 32.2. The molecule has 3 atom stereocenters. The summed E-state index contributed by atoms with van der Waals surface area (Å²) in [5.74, 6) is 0. The Morgan fingerprint density at radius 1 is 0.886 bits per heavy atom. The Labute approximate surface area is 275 Å². The zero-order chi connectivity index (χ0) is 34.5. The molecule has 1 aromatic carbocycles. The molecule has 0 aliphatic rings. The minimum atomic E-state index is -3.82. The molecule has 0 saturated carbocycles. The summed E-state index contributed by atoms with van der Waals surface area (Å²) in [4.78, 5) is 0.272. The van der Waals surface area contributed by atoms with Crippen molar-refractivity contribution in [1.82, 2.24) is 4.31 Å². The summed E-state index contributed by atoms with van der Waals surface area (Å²) >= 11 is 0. The highest BCUT2D eigenvalue weighted by Gasteiger charge is 2.41. The Morgan fingerprint density at radius 2 is 1.39 bits per heavy atom. The molecule has 1 aromatic rings. The first-order valence-corrected chi connectivity index (χ1v) is 24.4. The normalized spacial score (nSPS) is 16.6. The fourth-order valence-corrected chi connectivity index (χ4v) is 8.95. The Kier molecular flexibility index (Phi) is 14.5. The smallest absolute Gasteiger partial charge is 0.243 e. The van der Waals surface area contributed by atoms with Crippen LogP contribution in [0, 0.1) is 0 Å². The van der Waals surface area contributed by atoms with Crippen molar-refractivity contribution < 1.29 is 21.5 Å². The molecule has 0 fully saturated rings. The summed E-state index contributed by atoms with van der Waals surface area (Å²) in [5, 5.41) is 0.0844. The van der Waals surface area contributed by atoms with E-state index in [4.69, 9.17) is 8.85 Å². The molecule has 0 heterocycles. The lowest BCUT2D eigenvalue weighted by molar-refractivity contribution is 0.162. The maximum Gasteiger partial charge on any atom is 0.243 e. The molecule has 0 N–H and O–H groups in total. The van der Waals surface area contributed by atoms with Crippen LogP contribution in [0.1, 0.15) is 114 Å². The fraction of sp³-hybridized carbons (Fsp3) is 0.788. The molecule has 0 radical (unpaired) electrons. The summed E-state index contributed by atoms with van der Waals surface area (Å²) in [7, 11) is -9.25. The number of nitrogens with zero attached hydrogens (tertiary/aromatic N) is 2. The quantitative estimate of drug-likeness (QED) is 0.104. The molecule has 0 bridgehead atoms. The van der Waals surface area contributed by atoms with Crippen LogP contribution in [-0.2, 0) is 29.9 Å². The van der Waals surface area contributed by atoms with Crippen molar-refractivity contribution in [3.8, 4) is 0 Å². The lowest BCUT2D eigenvalue weighted by Gasteiger charge is -2.40. The van der Waals surface area contributed by atoms with Crippen LogP contribution >= 0.6 is 0 Å². The standard InChI is InChI=1S/C33H64N2O5S2Si2/c1-26(2)35(42(37,38)30-22-20-28(21-23-30)27(3)40-44(15,16)33(10,11)12)29(25-39-43(13,14)32(7,8)9)19-17-18-24-34-41(36)31(4,5)6/h20-24,26-27,29H,17-19,25H2,1-16H3/b34-24+/t27-,29+,41-/m1/s1. The first-order valence-electron chi connectivity index (χ1n) is 16.0. The number of sulfonamides is 1. The predicted octanol–water partition coefficient (Wildman–Crippen LogP) is 9.26. The average molecular weight is 689 g/mol. The van der Waals surface area contributed by atoms with Crippen molar-refractivity contribution in [2.45, 2.75) is 166 Å². The third-order valence-electron chi connectivity index (χ3n) is 9.08. The molecule has 1 rings (SSSR count). The molecule has 0 unspecified atom stereocenters. The third-order valence-corrected chi connectivity index (χ3v) is 21.7. The maximum absolute atomic E-state index is 14.3. The van der Waals surface area contributed by atoms with Gasteiger partial charge in [-0.2, -0.15) is 8.70 Å². The second-order valence-corrected chi connectivity index (χ2v) is 29.7. The summed E-state index contributed by atoms with van der Waals surface area (Å²) in [6, 6.07) is 6.58. The zero-order valence-electron chi connectivity index (χ0n) is 30.7. The van der Waals surface area contributed by atoms with Crippen LogP contribution in [0.4, 0.5) is 0 Å². The number of unbranched alkanes of at least 4 members (excludes halogenated alkanes) is 1. The molecule has 0 aliphatic heterocycles. The average Bonchev–Trinajstić information content (AvgIpc) is 2.84. The Bertz CT molecular complexity index is 1210. The second kappa shape index (κ2) is 15.5. The summed E-state index contributed by atoms with van der Waals surface area (Å²) in [6.07, 6.45) is 3.51. The number of benzene rings is 1. The van der Waals surface area contributed by atoms with Crippen LogP contribution in [0.3, 0.4) is 0 Å². The van der Waals surface area contributed by atoms with Crippen LogP contribution in [-0.4, -0.2) is 63.2 Å². The Hall–Kier alpha value is -0.696. The second-order valence-electron chi connectivity index (χ2n) is 16.3. The molecule has 7 nitrogen and oxygen atoms in total. The topological polar surface area (TPSA) is 85.3 Å². The van der Waals surface area contributed by atoms with Crippen molar-refractivity contribution >= 4 is 43.9 Å². The molecule has 11 heteroatoms. The predicted molar refractivity (Wildman–Crippen MR) is 194 cm³/mol. The zero-order valence-corrected chi connectivity index (χ0v) is 34.3. The SMILES string of the molecule is CC(C)N([C@@H](CCC/C=N/[S@](=O)C(C)(C)C)CO[Si](C)(C)C(C)(C)C)S(=O)(=O)c1ccc([C@@H](C)O[Si](C)(C)C(C)(C)C)cc1. The molecule has 0 aromatic heterocycles. The van der Waals surface area contributed by atoms with Crippen molar-refractivity contribution in [3.63, 3.8) is 0 Å². The maximum atomic E-state index is 14.3. The minimum Gasteiger partial charge on any atom is -0.415 e. The van der Waals surface area contributed by atoms with Gasteiger partial charge in [0.1, 0.15) is 11.0 Å². The highest BCUT2D eigenvalue weighted by molar-refractivity contribution is 7.89. The van der Waals surface area contributed by atoms with Crippen molar-refractivity contribution in [2.75, 3.05) is 6.61 Å². The highest BCUT2D eigenvalue weighted by Crippen LogP contribution is 2.40. The molecule has 44 heavy (non-hydrogen) atoms. The molecule has 0 saturated heterocycles. The van der Waals surface area contributed by atoms with E-state index in [-0.39, 0.29) is 33.2 Å². The van der Waals surface area contributed by atoms with Crippen molar-refractivity contribution in [2.24, 2.45) is 4.40 Å². The van der Waals surface area contributed by atoms with Crippen LogP contribution in [0.15, 0.2) is 33.6 Å². The van der Waals surface area contributed by atoms with E-state index in [9.17, 15) is 12.6 Å². The van der Waals surface area contributed by atoms with E-state index in [1.807, 2.05) is 53.7 Å². The number of hydrogen-bond acceptors (Lipinski definition) is 5. The molecule has 0 aliphatic carbocycles. The van der Waals surface area contributed by atoms with E-state index >= 15 is 0 Å². The van der Waals surface area contributed by atoms with Crippen LogP contribution in [0.2, 0.25) is 36.3 Å². The summed E-state index contributed by atoms with van der Waals surface area (Å²) in [5.41, 5.74) is 0.967. The molecule has 256 valence electrons. The molecule has 0 spiro atoms. The third kappa shape index (κ3) is 11.5. The Balaban J connectivity index is 3.34. The monoisotopic (exact) mass is 688 g/mol. The van der Waals surface area contributed by atoms with Gasteiger partial charge in [0.15, 0.2) is 16.6 Å². The van der Waals surface area contributed by atoms with Gasteiger partial charge in [-0.25, -0.2) is 12.6 Å². The largest absolute Gasteiger partial charge is 0.415 e. The van der Waals surface area contributed by atoms with Gasteiger partial charge in [0.25, 0.3) is 0 Å². The minimum absolute atomic E-state index is 0.00176. The van der Waals surface area contributed by atoms with E-state index < -0.39 is 42.4 Å². The molecule has 0 amide bonds. The van der Waals surface area contributed by atoms with Gasteiger partial charge in [0.05, 0.1) is 22.4 Å². The molecular weight excluding hydrogens is 625 g/mol. The van der Waals surface area contributed by atoms with Gasteiger partial charge in [-0.1, -0.05) is 53.7 Å². The van der Waals surface area contributed by atoms with E-state index in [0.29, 0.717) is 25.9 Å².